The third-order valence-electron chi connectivity index (χ3n) is 4.42. The minimum absolute atomic E-state index is 0.0310. The Hall–Kier alpha value is -2.90. The van der Waals surface area contributed by atoms with E-state index in [-0.39, 0.29) is 21.2 Å². The van der Waals surface area contributed by atoms with Gasteiger partial charge in [0.1, 0.15) is 5.82 Å². The number of amides is 1. The smallest absolute Gasteiger partial charge is 0.264 e. The van der Waals surface area contributed by atoms with Gasteiger partial charge in [-0.15, -0.1) is 0 Å². The molecular formula is C21H18ClFN2O3S. The number of nitrogens with zero attached hydrogens (tertiary/aromatic N) is 1. The molecule has 0 heterocycles. The molecule has 3 rings (SSSR count). The highest BCUT2D eigenvalue weighted by atomic mass is 35.5. The predicted molar refractivity (Wildman–Crippen MR) is 113 cm³/mol. The number of aryl methyl sites for hydroxylation is 1. The minimum Gasteiger partial charge on any atom is -0.322 e. The molecular weight excluding hydrogens is 415 g/mol. The molecule has 0 aliphatic rings. The number of anilines is 2. The van der Waals surface area contributed by atoms with Crippen LogP contribution < -0.4 is 9.62 Å². The number of benzene rings is 3. The normalized spacial score (nSPS) is 11.2. The van der Waals surface area contributed by atoms with Gasteiger partial charge in [0.15, 0.2) is 0 Å². The van der Waals surface area contributed by atoms with Crippen molar-refractivity contribution in [3.05, 3.63) is 88.7 Å². The molecule has 150 valence electrons. The van der Waals surface area contributed by atoms with Gasteiger partial charge in [-0.25, -0.2) is 12.8 Å². The first-order valence-corrected chi connectivity index (χ1v) is 10.4. The Balaban J connectivity index is 1.94. The molecule has 1 amide bonds. The Morgan fingerprint density at radius 1 is 1.03 bits per heavy atom. The van der Waals surface area contributed by atoms with E-state index >= 15 is 0 Å². The maximum atomic E-state index is 13.1. The molecule has 0 radical (unpaired) electrons. The van der Waals surface area contributed by atoms with Gasteiger partial charge in [-0.2, -0.15) is 0 Å². The zero-order valence-corrected chi connectivity index (χ0v) is 17.3. The lowest BCUT2D eigenvalue weighted by Gasteiger charge is -2.20. The lowest BCUT2D eigenvalue weighted by molar-refractivity contribution is 0.102. The number of carbonyl (C=O) groups is 1. The van der Waals surface area contributed by atoms with Gasteiger partial charge >= 0.3 is 0 Å². The number of nitrogens with one attached hydrogen (secondary N) is 1. The van der Waals surface area contributed by atoms with Crippen LogP contribution in [0.4, 0.5) is 15.8 Å². The molecule has 8 heteroatoms. The van der Waals surface area contributed by atoms with E-state index in [0.29, 0.717) is 5.69 Å². The number of halogens is 2. The van der Waals surface area contributed by atoms with Crippen molar-refractivity contribution in [2.75, 3.05) is 16.7 Å². The lowest BCUT2D eigenvalue weighted by Crippen LogP contribution is -2.27. The quantitative estimate of drug-likeness (QED) is 0.625. The van der Waals surface area contributed by atoms with E-state index in [9.17, 15) is 17.6 Å². The van der Waals surface area contributed by atoms with Crippen molar-refractivity contribution in [3.63, 3.8) is 0 Å². The van der Waals surface area contributed by atoms with Crippen LogP contribution in [0.15, 0.2) is 71.6 Å². The van der Waals surface area contributed by atoms with Crippen LogP contribution in [0.25, 0.3) is 0 Å². The largest absolute Gasteiger partial charge is 0.322 e. The number of sulfonamides is 1. The third-order valence-corrected chi connectivity index (χ3v) is 6.54. The van der Waals surface area contributed by atoms with E-state index in [0.717, 1.165) is 9.87 Å². The molecule has 29 heavy (non-hydrogen) atoms. The summed E-state index contributed by atoms with van der Waals surface area (Å²) >= 11 is 6.15. The second-order valence-electron chi connectivity index (χ2n) is 6.36. The van der Waals surface area contributed by atoms with E-state index in [1.807, 2.05) is 19.1 Å². The summed E-state index contributed by atoms with van der Waals surface area (Å²) in [6, 6.07) is 16.2. The highest BCUT2D eigenvalue weighted by Crippen LogP contribution is 2.27. The summed E-state index contributed by atoms with van der Waals surface area (Å²) in [6.07, 6.45) is 0. The standard InChI is InChI=1S/C21H18ClFN2O3S/c1-14-5-3-4-6-20(14)24-21(26)18-13-17(11-12-19(18)22)29(27,28)25(2)16-9-7-15(23)8-10-16/h3-13H,1-2H3,(H,24,26). The van der Waals surface area contributed by atoms with Crippen molar-refractivity contribution >= 4 is 38.9 Å². The van der Waals surface area contributed by atoms with E-state index in [2.05, 4.69) is 5.32 Å². The fourth-order valence-electron chi connectivity index (χ4n) is 2.69. The van der Waals surface area contributed by atoms with Crippen molar-refractivity contribution in [2.45, 2.75) is 11.8 Å². The molecule has 1 N–H and O–H groups in total. The van der Waals surface area contributed by atoms with Gasteiger partial charge in [0.25, 0.3) is 15.9 Å². The van der Waals surface area contributed by atoms with Gasteiger partial charge in [0, 0.05) is 12.7 Å². The fraction of sp³-hybridized carbons (Fsp3) is 0.0952. The van der Waals surface area contributed by atoms with E-state index < -0.39 is 21.7 Å². The first kappa shape index (κ1) is 20.8. The maximum absolute atomic E-state index is 13.1. The predicted octanol–water partition coefficient (Wildman–Crippen LogP) is 4.86. The molecule has 0 aliphatic carbocycles. The first-order valence-electron chi connectivity index (χ1n) is 8.61. The van der Waals surface area contributed by atoms with Crippen molar-refractivity contribution < 1.29 is 17.6 Å². The van der Waals surface area contributed by atoms with Crippen molar-refractivity contribution in [1.29, 1.82) is 0 Å². The summed E-state index contributed by atoms with van der Waals surface area (Å²) in [5.41, 5.74) is 1.78. The van der Waals surface area contributed by atoms with Gasteiger partial charge in [-0.1, -0.05) is 29.8 Å². The Morgan fingerprint density at radius 2 is 1.69 bits per heavy atom. The van der Waals surface area contributed by atoms with Gasteiger partial charge in [0.05, 0.1) is 21.2 Å². The van der Waals surface area contributed by atoms with Gasteiger partial charge in [-0.3, -0.25) is 9.10 Å². The molecule has 0 aromatic heterocycles. The Kier molecular flexibility index (Phi) is 5.91. The van der Waals surface area contributed by atoms with Crippen LogP contribution in [0.1, 0.15) is 15.9 Å². The van der Waals surface area contributed by atoms with Gasteiger partial charge in [0.2, 0.25) is 0 Å². The van der Waals surface area contributed by atoms with Crippen LogP contribution in [0, 0.1) is 12.7 Å². The average Bonchev–Trinajstić information content (AvgIpc) is 2.70. The zero-order chi connectivity index (χ0) is 21.2. The van der Waals surface area contributed by atoms with Crippen LogP contribution in [0.5, 0.6) is 0 Å². The molecule has 0 atom stereocenters. The van der Waals surface area contributed by atoms with Crippen LogP contribution in [-0.4, -0.2) is 21.4 Å². The van der Waals surface area contributed by atoms with Crippen LogP contribution >= 0.6 is 11.6 Å². The second kappa shape index (κ2) is 8.23. The summed E-state index contributed by atoms with van der Waals surface area (Å²) in [4.78, 5) is 12.6. The molecule has 0 saturated carbocycles. The number of carbonyl (C=O) groups excluding carboxylic acids is 1. The van der Waals surface area contributed by atoms with Gasteiger partial charge in [-0.05, 0) is 61.0 Å². The molecule has 0 unspecified atom stereocenters. The number of hydrogen-bond acceptors (Lipinski definition) is 3. The Bertz CT molecular complexity index is 1160. The van der Waals surface area contributed by atoms with Crippen molar-refractivity contribution in [2.24, 2.45) is 0 Å². The highest BCUT2D eigenvalue weighted by molar-refractivity contribution is 7.92. The number of hydrogen-bond donors (Lipinski definition) is 1. The molecule has 5 nitrogen and oxygen atoms in total. The molecule has 0 fully saturated rings. The van der Waals surface area contributed by atoms with Crippen LogP contribution in [0.3, 0.4) is 0 Å². The Morgan fingerprint density at radius 3 is 2.34 bits per heavy atom. The SMILES string of the molecule is Cc1ccccc1NC(=O)c1cc(S(=O)(=O)N(C)c2ccc(F)cc2)ccc1Cl. The van der Waals surface area contributed by atoms with Gasteiger partial charge < -0.3 is 5.32 Å². The first-order chi connectivity index (χ1) is 13.7. The summed E-state index contributed by atoms with van der Waals surface area (Å²) in [7, 11) is -2.64. The average molecular weight is 433 g/mol. The molecule has 0 spiro atoms. The fourth-order valence-corrected chi connectivity index (χ4v) is 4.12. The molecule has 3 aromatic rings. The summed E-state index contributed by atoms with van der Waals surface area (Å²) in [5.74, 6) is -0.994. The van der Waals surface area contributed by atoms with E-state index in [4.69, 9.17) is 11.6 Å². The highest BCUT2D eigenvalue weighted by Gasteiger charge is 2.24. The topological polar surface area (TPSA) is 66.5 Å². The minimum atomic E-state index is -3.99. The molecule has 0 bridgehead atoms. The van der Waals surface area contributed by atoms with E-state index in [1.54, 1.807) is 12.1 Å². The lowest BCUT2D eigenvalue weighted by atomic mass is 10.1. The molecule has 0 aliphatic heterocycles. The maximum Gasteiger partial charge on any atom is 0.264 e. The van der Waals surface area contributed by atoms with Crippen LogP contribution in [0.2, 0.25) is 5.02 Å². The summed E-state index contributed by atoms with van der Waals surface area (Å²) in [5, 5.41) is 2.86. The molecule has 3 aromatic carbocycles. The molecule has 0 saturated heterocycles. The summed E-state index contributed by atoms with van der Waals surface area (Å²) in [6.45, 7) is 1.84. The van der Waals surface area contributed by atoms with Crippen molar-refractivity contribution in [1.82, 2.24) is 0 Å². The number of rotatable bonds is 5. The van der Waals surface area contributed by atoms with Crippen LogP contribution in [-0.2, 0) is 10.0 Å². The Labute approximate surface area is 173 Å². The number of para-hydroxylation sites is 1. The monoisotopic (exact) mass is 432 g/mol. The van der Waals surface area contributed by atoms with E-state index in [1.165, 1.54) is 49.5 Å². The second-order valence-corrected chi connectivity index (χ2v) is 8.74. The van der Waals surface area contributed by atoms with Crippen molar-refractivity contribution in [3.8, 4) is 0 Å². The zero-order valence-electron chi connectivity index (χ0n) is 15.7. The third kappa shape index (κ3) is 4.41. The summed E-state index contributed by atoms with van der Waals surface area (Å²) < 4.78 is 40.1.